The van der Waals surface area contributed by atoms with Gasteiger partial charge in [-0.1, -0.05) is 20.3 Å². The molecule has 1 aliphatic heterocycles. The van der Waals surface area contributed by atoms with E-state index in [-0.39, 0.29) is 11.7 Å². The molecule has 0 bridgehead atoms. The average Bonchev–Trinajstić information content (AvgIpc) is 2.48. The highest BCUT2D eigenvalue weighted by molar-refractivity contribution is 4.88. The fourth-order valence-electron chi connectivity index (χ4n) is 3.59. The van der Waals surface area contributed by atoms with Gasteiger partial charge in [-0.25, -0.2) is 0 Å². The van der Waals surface area contributed by atoms with Crippen molar-refractivity contribution in [3.63, 3.8) is 0 Å². The standard InChI is InChI=1S/C17H32O3/c1-4-6-7-16-19-12-17(3,13-20-16)14-8-10-15(11-9-14)18-5-2/h14-16H,4-13H2,1-3H3. The molecule has 1 saturated carbocycles. The van der Waals surface area contributed by atoms with Crippen molar-refractivity contribution >= 4 is 0 Å². The first kappa shape index (κ1) is 16.3. The van der Waals surface area contributed by atoms with Crippen LogP contribution in [-0.2, 0) is 14.2 Å². The minimum Gasteiger partial charge on any atom is -0.379 e. The second-order valence-electron chi connectivity index (χ2n) is 6.78. The summed E-state index contributed by atoms with van der Waals surface area (Å²) >= 11 is 0. The Bertz CT molecular complexity index is 263. The first-order valence-corrected chi connectivity index (χ1v) is 8.52. The fourth-order valence-corrected chi connectivity index (χ4v) is 3.59. The third-order valence-corrected chi connectivity index (χ3v) is 5.05. The number of hydrogen-bond acceptors (Lipinski definition) is 3. The highest BCUT2D eigenvalue weighted by Crippen LogP contribution is 2.42. The van der Waals surface area contributed by atoms with E-state index in [4.69, 9.17) is 14.2 Å². The Labute approximate surface area is 124 Å². The fraction of sp³-hybridized carbons (Fsp3) is 1.00. The van der Waals surface area contributed by atoms with Gasteiger partial charge >= 0.3 is 0 Å². The van der Waals surface area contributed by atoms with Gasteiger partial charge in [-0.2, -0.15) is 0 Å². The maximum atomic E-state index is 5.97. The third kappa shape index (κ3) is 4.19. The normalized spacial score (nSPS) is 38.9. The van der Waals surface area contributed by atoms with Gasteiger partial charge in [0.1, 0.15) is 0 Å². The lowest BCUT2D eigenvalue weighted by Crippen LogP contribution is -2.46. The van der Waals surface area contributed by atoms with Crippen LogP contribution in [0.1, 0.15) is 65.7 Å². The van der Waals surface area contributed by atoms with Crippen LogP contribution in [0, 0.1) is 11.3 Å². The van der Waals surface area contributed by atoms with Gasteiger partial charge in [-0.05, 0) is 51.4 Å². The summed E-state index contributed by atoms with van der Waals surface area (Å²) in [5, 5.41) is 0. The van der Waals surface area contributed by atoms with Crippen molar-refractivity contribution in [1.29, 1.82) is 0 Å². The molecule has 0 unspecified atom stereocenters. The van der Waals surface area contributed by atoms with E-state index in [0.717, 1.165) is 32.2 Å². The lowest BCUT2D eigenvalue weighted by Gasteiger charge is -2.45. The number of unbranched alkanes of at least 4 members (excludes halogenated alkanes) is 1. The Balaban J connectivity index is 1.76. The Morgan fingerprint density at radius 2 is 1.70 bits per heavy atom. The van der Waals surface area contributed by atoms with Gasteiger partial charge in [0.2, 0.25) is 0 Å². The molecule has 0 aromatic rings. The van der Waals surface area contributed by atoms with Crippen molar-refractivity contribution in [3.8, 4) is 0 Å². The minimum atomic E-state index is 0.0442. The topological polar surface area (TPSA) is 27.7 Å². The van der Waals surface area contributed by atoms with Crippen molar-refractivity contribution in [2.45, 2.75) is 78.1 Å². The minimum absolute atomic E-state index is 0.0442. The van der Waals surface area contributed by atoms with Crippen molar-refractivity contribution in [2.24, 2.45) is 11.3 Å². The molecular weight excluding hydrogens is 252 g/mol. The molecule has 3 heteroatoms. The van der Waals surface area contributed by atoms with Gasteiger partial charge in [-0.3, -0.25) is 0 Å². The number of hydrogen-bond donors (Lipinski definition) is 0. The molecule has 118 valence electrons. The van der Waals surface area contributed by atoms with Crippen LogP contribution < -0.4 is 0 Å². The smallest absolute Gasteiger partial charge is 0.157 e. The summed E-state index contributed by atoms with van der Waals surface area (Å²) in [4.78, 5) is 0. The Morgan fingerprint density at radius 1 is 1.05 bits per heavy atom. The molecule has 0 radical (unpaired) electrons. The maximum absolute atomic E-state index is 5.97. The molecule has 1 aliphatic carbocycles. The van der Waals surface area contributed by atoms with Gasteiger partial charge in [-0.15, -0.1) is 0 Å². The molecular formula is C17H32O3. The van der Waals surface area contributed by atoms with Crippen LogP contribution in [-0.4, -0.2) is 32.2 Å². The zero-order valence-corrected chi connectivity index (χ0v) is 13.5. The molecule has 0 amide bonds. The summed E-state index contributed by atoms with van der Waals surface area (Å²) < 4.78 is 17.7. The highest BCUT2D eigenvalue weighted by Gasteiger charge is 2.41. The van der Waals surface area contributed by atoms with Crippen molar-refractivity contribution < 1.29 is 14.2 Å². The number of ether oxygens (including phenoxy) is 3. The second-order valence-corrected chi connectivity index (χ2v) is 6.78. The van der Waals surface area contributed by atoms with Crippen LogP contribution in [0.3, 0.4) is 0 Å². The number of rotatable bonds is 6. The molecule has 2 aliphatic rings. The van der Waals surface area contributed by atoms with Crippen LogP contribution in [0.4, 0.5) is 0 Å². The molecule has 2 rings (SSSR count). The van der Waals surface area contributed by atoms with Crippen LogP contribution in [0.15, 0.2) is 0 Å². The monoisotopic (exact) mass is 284 g/mol. The molecule has 20 heavy (non-hydrogen) atoms. The zero-order chi connectivity index (χ0) is 14.4. The average molecular weight is 284 g/mol. The lowest BCUT2D eigenvalue weighted by molar-refractivity contribution is -0.242. The summed E-state index contributed by atoms with van der Waals surface area (Å²) in [6.07, 6.45) is 8.90. The van der Waals surface area contributed by atoms with E-state index in [1.807, 2.05) is 0 Å². The van der Waals surface area contributed by atoms with E-state index in [9.17, 15) is 0 Å². The first-order chi connectivity index (χ1) is 9.68. The van der Waals surface area contributed by atoms with Gasteiger partial charge in [0.25, 0.3) is 0 Å². The van der Waals surface area contributed by atoms with E-state index in [1.54, 1.807) is 0 Å². The van der Waals surface area contributed by atoms with Gasteiger partial charge < -0.3 is 14.2 Å². The van der Waals surface area contributed by atoms with Gasteiger partial charge in [0, 0.05) is 12.0 Å². The summed E-state index contributed by atoms with van der Waals surface area (Å²) in [7, 11) is 0. The lowest BCUT2D eigenvalue weighted by atomic mass is 9.70. The van der Waals surface area contributed by atoms with Crippen molar-refractivity contribution in [1.82, 2.24) is 0 Å². The van der Waals surface area contributed by atoms with Crippen LogP contribution in [0.2, 0.25) is 0 Å². The van der Waals surface area contributed by atoms with Crippen molar-refractivity contribution in [2.75, 3.05) is 19.8 Å². The van der Waals surface area contributed by atoms with Gasteiger partial charge in [0.15, 0.2) is 6.29 Å². The molecule has 0 aromatic heterocycles. The summed E-state index contributed by atoms with van der Waals surface area (Å²) in [5.41, 5.74) is 0.208. The quantitative estimate of drug-likeness (QED) is 0.733. The third-order valence-electron chi connectivity index (χ3n) is 5.05. The Morgan fingerprint density at radius 3 is 2.25 bits per heavy atom. The van der Waals surface area contributed by atoms with E-state index >= 15 is 0 Å². The van der Waals surface area contributed by atoms with Crippen LogP contribution in [0.5, 0.6) is 0 Å². The van der Waals surface area contributed by atoms with E-state index in [2.05, 4.69) is 20.8 Å². The molecule has 0 aromatic carbocycles. The predicted octanol–water partition coefficient (Wildman–Crippen LogP) is 4.15. The molecule has 0 atom stereocenters. The molecule has 0 N–H and O–H groups in total. The predicted molar refractivity (Wildman–Crippen MR) is 80.7 cm³/mol. The first-order valence-electron chi connectivity index (χ1n) is 8.52. The SMILES string of the molecule is CCCCC1OCC(C)(C2CCC(OCC)CC2)CO1. The van der Waals surface area contributed by atoms with Crippen molar-refractivity contribution in [3.05, 3.63) is 0 Å². The molecule has 2 fully saturated rings. The Hall–Kier alpha value is -0.120. The molecule has 1 heterocycles. The largest absolute Gasteiger partial charge is 0.379 e. The van der Waals surface area contributed by atoms with Gasteiger partial charge in [0.05, 0.1) is 19.3 Å². The highest BCUT2D eigenvalue weighted by atomic mass is 16.7. The van der Waals surface area contributed by atoms with Crippen LogP contribution in [0.25, 0.3) is 0 Å². The molecule has 1 saturated heterocycles. The summed E-state index contributed by atoms with van der Waals surface area (Å²) in [6, 6.07) is 0. The van der Waals surface area contributed by atoms with E-state index in [0.29, 0.717) is 6.10 Å². The molecule has 0 spiro atoms. The van der Waals surface area contributed by atoms with E-state index < -0.39 is 0 Å². The summed E-state index contributed by atoms with van der Waals surface area (Å²) in [5.74, 6) is 0.728. The second kappa shape index (κ2) is 7.77. The zero-order valence-electron chi connectivity index (χ0n) is 13.5. The van der Waals surface area contributed by atoms with Crippen LogP contribution >= 0.6 is 0 Å². The Kier molecular flexibility index (Phi) is 6.31. The van der Waals surface area contributed by atoms with E-state index in [1.165, 1.54) is 38.5 Å². The maximum Gasteiger partial charge on any atom is 0.157 e. The molecule has 3 nitrogen and oxygen atoms in total. The summed E-state index contributed by atoms with van der Waals surface area (Å²) in [6.45, 7) is 9.22.